The van der Waals surface area contributed by atoms with Crippen molar-refractivity contribution in [1.29, 1.82) is 0 Å². The molecule has 0 radical (unpaired) electrons. The number of hydrogen-bond acceptors (Lipinski definition) is 3. The van der Waals surface area contributed by atoms with Crippen LogP contribution in [0.5, 0.6) is 5.75 Å². The molecular weight excluding hydrogens is 254 g/mol. The lowest BCUT2D eigenvalue weighted by Gasteiger charge is -2.38. The summed E-state index contributed by atoms with van der Waals surface area (Å²) in [6.07, 6.45) is 2.69. The molecule has 108 valence electrons. The number of ether oxygens (including phenoxy) is 1. The van der Waals surface area contributed by atoms with Gasteiger partial charge in [0.05, 0.1) is 12.1 Å². The Balaban J connectivity index is 1.73. The molecule has 0 aliphatic carbocycles. The molecule has 4 nitrogen and oxygen atoms in total. The molecule has 0 saturated carbocycles. The lowest BCUT2D eigenvalue weighted by atomic mass is 9.97. The van der Waals surface area contributed by atoms with Gasteiger partial charge in [0.2, 0.25) is 0 Å². The number of aliphatic hydroxyl groups excluding tert-OH is 1. The van der Waals surface area contributed by atoms with Gasteiger partial charge in [-0.25, -0.2) is 0 Å². The zero-order chi connectivity index (χ0) is 14.1. The monoisotopic (exact) mass is 275 g/mol. The van der Waals surface area contributed by atoms with E-state index in [0.29, 0.717) is 6.42 Å². The second-order valence-electron chi connectivity index (χ2n) is 5.75. The van der Waals surface area contributed by atoms with E-state index in [1.807, 2.05) is 29.2 Å². The molecule has 1 amide bonds. The van der Waals surface area contributed by atoms with Crippen molar-refractivity contribution in [3.8, 4) is 5.75 Å². The predicted octanol–water partition coefficient (Wildman–Crippen LogP) is 1.75. The van der Waals surface area contributed by atoms with Gasteiger partial charge in [0.15, 0.2) is 6.10 Å². The largest absolute Gasteiger partial charge is 0.480 e. The summed E-state index contributed by atoms with van der Waals surface area (Å²) >= 11 is 0. The summed E-state index contributed by atoms with van der Waals surface area (Å²) in [6.45, 7) is 2.49. The minimum atomic E-state index is -0.483. The van der Waals surface area contributed by atoms with E-state index < -0.39 is 12.2 Å². The highest BCUT2D eigenvalue weighted by atomic mass is 16.5. The van der Waals surface area contributed by atoms with Crippen LogP contribution < -0.4 is 4.74 Å². The summed E-state index contributed by atoms with van der Waals surface area (Å²) in [5, 5.41) is 9.88. The van der Waals surface area contributed by atoms with Gasteiger partial charge in [0.25, 0.3) is 5.91 Å². The average molecular weight is 275 g/mol. The normalized spacial score (nSPS) is 26.8. The molecule has 1 N–H and O–H groups in total. The number of aliphatic hydroxyl groups is 1. The summed E-state index contributed by atoms with van der Waals surface area (Å²) in [6, 6.07) is 7.74. The molecule has 0 spiro atoms. The van der Waals surface area contributed by atoms with Crippen LogP contribution in [0.2, 0.25) is 0 Å². The van der Waals surface area contributed by atoms with Gasteiger partial charge >= 0.3 is 0 Å². The second-order valence-corrected chi connectivity index (χ2v) is 5.75. The smallest absolute Gasteiger partial charge is 0.264 e. The van der Waals surface area contributed by atoms with Crippen molar-refractivity contribution in [3.63, 3.8) is 0 Å². The van der Waals surface area contributed by atoms with Gasteiger partial charge in [-0.3, -0.25) is 4.79 Å². The van der Waals surface area contributed by atoms with Gasteiger partial charge in [0, 0.05) is 13.0 Å². The number of fused-ring (bicyclic) bond motifs is 1. The predicted molar refractivity (Wildman–Crippen MR) is 75.6 cm³/mol. The van der Waals surface area contributed by atoms with E-state index in [0.717, 1.165) is 37.1 Å². The third-order valence-corrected chi connectivity index (χ3v) is 4.31. The van der Waals surface area contributed by atoms with Crippen molar-refractivity contribution in [2.24, 2.45) is 0 Å². The molecule has 20 heavy (non-hydrogen) atoms. The number of carbonyl (C=O) groups excluding carboxylic acids is 1. The molecule has 0 bridgehead atoms. The maximum absolute atomic E-state index is 12.7. The fourth-order valence-electron chi connectivity index (χ4n) is 3.24. The zero-order valence-corrected chi connectivity index (χ0v) is 11.8. The summed E-state index contributed by atoms with van der Waals surface area (Å²) < 4.78 is 5.78. The standard InChI is InChI=1S/C16H21NO3/c1-11(18)13-7-4-5-9-17(13)16(19)15-10-12-6-2-3-8-14(12)20-15/h2-3,6,8,11,13,15,18H,4-5,7,9-10H2,1H3. The van der Waals surface area contributed by atoms with Crippen LogP contribution in [0, 0.1) is 0 Å². The van der Waals surface area contributed by atoms with E-state index in [1.54, 1.807) is 6.92 Å². The van der Waals surface area contributed by atoms with E-state index in [-0.39, 0.29) is 11.9 Å². The molecule has 2 aliphatic heterocycles. The van der Waals surface area contributed by atoms with Crippen molar-refractivity contribution in [2.45, 2.75) is 50.9 Å². The second kappa shape index (κ2) is 5.44. The molecule has 1 aromatic carbocycles. The van der Waals surface area contributed by atoms with E-state index in [9.17, 15) is 9.90 Å². The van der Waals surface area contributed by atoms with Crippen LogP contribution in [0.3, 0.4) is 0 Å². The Bertz CT molecular complexity index is 475. The first-order valence-electron chi connectivity index (χ1n) is 7.40. The number of piperidine rings is 1. The molecule has 2 heterocycles. The highest BCUT2D eigenvalue weighted by molar-refractivity contribution is 5.83. The van der Waals surface area contributed by atoms with Crippen LogP contribution in [0.1, 0.15) is 31.7 Å². The molecule has 1 aromatic rings. The summed E-state index contributed by atoms with van der Waals surface area (Å²) in [4.78, 5) is 14.5. The lowest BCUT2D eigenvalue weighted by molar-refractivity contribution is -0.144. The molecule has 0 aromatic heterocycles. The fraction of sp³-hybridized carbons (Fsp3) is 0.562. The molecular formula is C16H21NO3. The Kier molecular flexibility index (Phi) is 3.66. The molecule has 3 rings (SSSR count). The fourth-order valence-corrected chi connectivity index (χ4v) is 3.24. The van der Waals surface area contributed by atoms with Crippen LogP contribution in [-0.2, 0) is 11.2 Å². The van der Waals surface area contributed by atoms with Gasteiger partial charge in [0.1, 0.15) is 5.75 Å². The van der Waals surface area contributed by atoms with Crippen molar-refractivity contribution < 1.29 is 14.6 Å². The van der Waals surface area contributed by atoms with Crippen molar-refractivity contribution >= 4 is 5.91 Å². The first-order chi connectivity index (χ1) is 9.66. The van der Waals surface area contributed by atoms with Crippen LogP contribution in [0.25, 0.3) is 0 Å². The maximum atomic E-state index is 12.7. The number of para-hydroxylation sites is 1. The highest BCUT2D eigenvalue weighted by Gasteiger charge is 2.37. The van der Waals surface area contributed by atoms with Crippen molar-refractivity contribution in [2.75, 3.05) is 6.54 Å². The summed E-state index contributed by atoms with van der Waals surface area (Å²) in [5.41, 5.74) is 1.09. The maximum Gasteiger partial charge on any atom is 0.264 e. The minimum Gasteiger partial charge on any atom is -0.480 e. The zero-order valence-electron chi connectivity index (χ0n) is 11.8. The van der Waals surface area contributed by atoms with Crippen LogP contribution >= 0.6 is 0 Å². The van der Waals surface area contributed by atoms with Crippen molar-refractivity contribution in [1.82, 2.24) is 4.90 Å². The Morgan fingerprint density at radius 1 is 1.40 bits per heavy atom. The number of benzene rings is 1. The van der Waals surface area contributed by atoms with Gasteiger partial charge in [-0.2, -0.15) is 0 Å². The van der Waals surface area contributed by atoms with Gasteiger partial charge in [-0.15, -0.1) is 0 Å². The van der Waals surface area contributed by atoms with E-state index in [1.165, 1.54) is 0 Å². The van der Waals surface area contributed by atoms with Gasteiger partial charge in [-0.05, 0) is 37.8 Å². The van der Waals surface area contributed by atoms with Gasteiger partial charge < -0.3 is 14.7 Å². The van der Waals surface area contributed by atoms with Crippen molar-refractivity contribution in [3.05, 3.63) is 29.8 Å². The number of likely N-dealkylation sites (tertiary alicyclic amines) is 1. The highest BCUT2D eigenvalue weighted by Crippen LogP contribution is 2.30. The van der Waals surface area contributed by atoms with Crippen LogP contribution in [-0.4, -0.2) is 40.7 Å². The molecule has 3 unspecified atom stereocenters. The third kappa shape index (κ3) is 2.40. The number of carbonyl (C=O) groups is 1. The lowest BCUT2D eigenvalue weighted by Crippen LogP contribution is -2.53. The summed E-state index contributed by atoms with van der Waals surface area (Å²) in [7, 11) is 0. The van der Waals surface area contributed by atoms with E-state index in [4.69, 9.17) is 4.74 Å². The third-order valence-electron chi connectivity index (χ3n) is 4.31. The Hall–Kier alpha value is -1.55. The Morgan fingerprint density at radius 3 is 2.95 bits per heavy atom. The number of hydrogen-bond donors (Lipinski definition) is 1. The molecule has 1 fully saturated rings. The minimum absolute atomic E-state index is 0.0202. The molecule has 1 saturated heterocycles. The summed E-state index contributed by atoms with van der Waals surface area (Å²) in [5.74, 6) is 0.836. The van der Waals surface area contributed by atoms with Crippen LogP contribution in [0.4, 0.5) is 0 Å². The first kappa shape index (κ1) is 13.4. The molecule has 3 atom stereocenters. The first-order valence-corrected chi connectivity index (χ1v) is 7.40. The van der Waals surface area contributed by atoms with Gasteiger partial charge in [-0.1, -0.05) is 18.2 Å². The van der Waals surface area contributed by atoms with E-state index in [2.05, 4.69) is 0 Å². The van der Waals surface area contributed by atoms with Crippen LogP contribution in [0.15, 0.2) is 24.3 Å². The average Bonchev–Trinajstić information content (AvgIpc) is 2.90. The number of rotatable bonds is 2. The SMILES string of the molecule is CC(O)C1CCCCN1C(=O)C1Cc2ccccc2O1. The Morgan fingerprint density at radius 2 is 2.20 bits per heavy atom. The topological polar surface area (TPSA) is 49.8 Å². The van der Waals surface area contributed by atoms with E-state index >= 15 is 0 Å². The number of amides is 1. The Labute approximate surface area is 119 Å². The molecule has 2 aliphatic rings. The quantitative estimate of drug-likeness (QED) is 0.894. The number of nitrogens with zero attached hydrogens (tertiary/aromatic N) is 1. The molecule has 4 heteroatoms.